The molecule has 0 aliphatic carbocycles. The summed E-state index contributed by atoms with van der Waals surface area (Å²) in [6, 6.07) is 7.17. The molecule has 0 saturated carbocycles. The number of aryl methyl sites for hydroxylation is 1. The van der Waals surface area contributed by atoms with Crippen LogP contribution in [0.5, 0.6) is 0 Å². The number of nitrogens with zero attached hydrogens (tertiary/aromatic N) is 1. The average molecular weight is 271 g/mol. The van der Waals surface area contributed by atoms with Crippen molar-refractivity contribution in [3.05, 3.63) is 35.4 Å². The minimum absolute atomic E-state index is 0.0516. The summed E-state index contributed by atoms with van der Waals surface area (Å²) in [6.07, 6.45) is 0. The summed E-state index contributed by atoms with van der Waals surface area (Å²) in [5.74, 6) is 0. The summed E-state index contributed by atoms with van der Waals surface area (Å²) < 4.78 is 22.9. The molecule has 0 aliphatic heterocycles. The van der Waals surface area contributed by atoms with Gasteiger partial charge in [0.1, 0.15) is 0 Å². The van der Waals surface area contributed by atoms with Crippen LogP contribution in [-0.4, -0.2) is 23.9 Å². The molecule has 1 N–H and O–H groups in total. The maximum Gasteiger partial charge on any atom is 0.383 e. The predicted molar refractivity (Wildman–Crippen MR) is 70.4 cm³/mol. The van der Waals surface area contributed by atoms with Gasteiger partial charge in [0.25, 0.3) is 0 Å². The monoisotopic (exact) mass is 271 g/mol. The van der Waals surface area contributed by atoms with Crippen LogP contribution in [-0.2, 0) is 13.6 Å². The molecule has 0 amide bonds. The highest BCUT2D eigenvalue weighted by Crippen LogP contribution is 2.51. The van der Waals surface area contributed by atoms with Gasteiger partial charge >= 0.3 is 7.60 Å². The zero-order valence-electron chi connectivity index (χ0n) is 10.8. The van der Waals surface area contributed by atoms with Gasteiger partial charge in [0.2, 0.25) is 0 Å². The molecule has 6 heteroatoms. The van der Waals surface area contributed by atoms with Gasteiger partial charge in [-0.05, 0) is 26.3 Å². The van der Waals surface area contributed by atoms with Gasteiger partial charge in [-0.25, -0.2) is 0 Å². The van der Waals surface area contributed by atoms with Crippen molar-refractivity contribution in [3.63, 3.8) is 0 Å². The van der Waals surface area contributed by atoms with E-state index < -0.39 is 7.60 Å². The van der Waals surface area contributed by atoms with Crippen molar-refractivity contribution in [2.75, 3.05) is 13.2 Å². The fourth-order valence-electron chi connectivity index (χ4n) is 1.58. The van der Waals surface area contributed by atoms with E-state index in [1.165, 1.54) is 0 Å². The Bertz CT molecular complexity index is 463. The molecule has 1 aromatic rings. The Labute approximate surface area is 107 Å². The molecule has 0 saturated heterocycles. The molecule has 1 rings (SSSR count). The van der Waals surface area contributed by atoms with Crippen molar-refractivity contribution < 1.29 is 18.8 Å². The molecule has 0 spiro atoms. The average Bonchev–Trinajstić information content (AvgIpc) is 2.33. The molecule has 18 heavy (non-hydrogen) atoms. The number of oxime groups is 1. The molecule has 1 aromatic carbocycles. The van der Waals surface area contributed by atoms with Crippen LogP contribution < -0.4 is 0 Å². The molecular formula is C12H18NO4P. The lowest BCUT2D eigenvalue weighted by Gasteiger charge is -2.18. The summed E-state index contributed by atoms with van der Waals surface area (Å²) in [5.41, 5.74) is 1.35. The van der Waals surface area contributed by atoms with Crippen LogP contribution in [0, 0.1) is 6.92 Å². The third-order valence-electron chi connectivity index (χ3n) is 2.34. The lowest BCUT2D eigenvalue weighted by molar-refractivity contribution is 0.230. The Morgan fingerprint density at radius 2 is 1.83 bits per heavy atom. The topological polar surface area (TPSA) is 68.1 Å². The maximum absolute atomic E-state index is 12.6. The van der Waals surface area contributed by atoms with E-state index in [0.717, 1.165) is 5.56 Å². The van der Waals surface area contributed by atoms with Crippen molar-refractivity contribution in [1.29, 1.82) is 0 Å². The zero-order chi connectivity index (χ0) is 13.6. The second kappa shape index (κ2) is 6.69. The van der Waals surface area contributed by atoms with Crippen molar-refractivity contribution in [2.24, 2.45) is 5.16 Å². The minimum atomic E-state index is -3.58. The highest BCUT2D eigenvalue weighted by molar-refractivity contribution is 7.73. The quantitative estimate of drug-likeness (QED) is 0.372. The standard InChI is InChI=1S/C12H18NO4P/c1-4-16-18(15,17-5-2)12(13-14)11-9-7-6-8-10(11)3/h6-9,14H,4-5H2,1-3H3/b13-12+. The van der Waals surface area contributed by atoms with Crippen LogP contribution >= 0.6 is 7.60 Å². The van der Waals surface area contributed by atoms with E-state index in [1.54, 1.807) is 26.0 Å². The zero-order valence-corrected chi connectivity index (χ0v) is 11.7. The second-order valence-corrected chi connectivity index (χ2v) is 5.51. The first-order chi connectivity index (χ1) is 8.59. The molecule has 0 aromatic heterocycles. The van der Waals surface area contributed by atoms with E-state index in [2.05, 4.69) is 5.16 Å². The SMILES string of the molecule is CCOP(=O)(OCC)/C(=N/O)c1ccccc1C. The van der Waals surface area contributed by atoms with Gasteiger partial charge < -0.3 is 14.3 Å². The van der Waals surface area contributed by atoms with Gasteiger partial charge in [0, 0.05) is 5.56 Å². The Morgan fingerprint density at radius 1 is 1.28 bits per heavy atom. The van der Waals surface area contributed by atoms with Crippen molar-refractivity contribution in [3.8, 4) is 0 Å². The molecule has 0 heterocycles. The van der Waals surface area contributed by atoms with E-state index >= 15 is 0 Å². The molecule has 0 radical (unpaired) electrons. The summed E-state index contributed by atoms with van der Waals surface area (Å²) in [7, 11) is -3.58. The van der Waals surface area contributed by atoms with Crippen LogP contribution in [0.3, 0.4) is 0 Å². The van der Waals surface area contributed by atoms with Crippen LogP contribution in [0.15, 0.2) is 29.4 Å². The number of hydrogen-bond acceptors (Lipinski definition) is 5. The molecule has 0 atom stereocenters. The third-order valence-corrected chi connectivity index (χ3v) is 4.38. The lowest BCUT2D eigenvalue weighted by Crippen LogP contribution is -2.10. The van der Waals surface area contributed by atoms with E-state index in [9.17, 15) is 4.57 Å². The summed E-state index contributed by atoms with van der Waals surface area (Å²) in [4.78, 5) is 0. The van der Waals surface area contributed by atoms with Gasteiger partial charge in [0.15, 0.2) is 5.45 Å². The Balaban J connectivity index is 3.24. The molecule has 0 bridgehead atoms. The summed E-state index contributed by atoms with van der Waals surface area (Å²) in [5, 5.41) is 12.3. The number of benzene rings is 1. The normalized spacial score (nSPS) is 12.7. The minimum Gasteiger partial charge on any atom is -0.410 e. The van der Waals surface area contributed by atoms with Gasteiger partial charge in [-0.1, -0.05) is 29.4 Å². The Hall–Kier alpha value is -1.16. The first-order valence-corrected chi connectivity index (χ1v) is 7.31. The van der Waals surface area contributed by atoms with Gasteiger partial charge in [0.05, 0.1) is 13.2 Å². The van der Waals surface area contributed by atoms with Gasteiger partial charge in [-0.3, -0.25) is 4.57 Å². The number of rotatable bonds is 6. The van der Waals surface area contributed by atoms with Crippen molar-refractivity contribution in [1.82, 2.24) is 0 Å². The third kappa shape index (κ3) is 3.19. The smallest absolute Gasteiger partial charge is 0.383 e. The van der Waals surface area contributed by atoms with Crippen molar-refractivity contribution in [2.45, 2.75) is 20.8 Å². The van der Waals surface area contributed by atoms with Crippen LogP contribution in [0.25, 0.3) is 0 Å². The maximum atomic E-state index is 12.6. The largest absolute Gasteiger partial charge is 0.410 e. The molecule has 0 aliphatic rings. The Morgan fingerprint density at radius 3 is 2.28 bits per heavy atom. The molecular weight excluding hydrogens is 253 g/mol. The predicted octanol–water partition coefficient (Wildman–Crippen LogP) is 3.40. The number of hydrogen-bond donors (Lipinski definition) is 1. The Kier molecular flexibility index (Phi) is 5.54. The second-order valence-electron chi connectivity index (χ2n) is 3.57. The van der Waals surface area contributed by atoms with E-state index in [0.29, 0.717) is 5.56 Å². The first kappa shape index (κ1) is 14.9. The van der Waals surface area contributed by atoms with Crippen LogP contribution in [0.1, 0.15) is 25.0 Å². The highest BCUT2D eigenvalue weighted by atomic mass is 31.2. The van der Waals surface area contributed by atoms with E-state index in [1.807, 2.05) is 19.1 Å². The van der Waals surface area contributed by atoms with Crippen molar-refractivity contribution >= 4 is 13.0 Å². The molecule has 5 nitrogen and oxygen atoms in total. The van der Waals surface area contributed by atoms with E-state index in [-0.39, 0.29) is 18.7 Å². The highest BCUT2D eigenvalue weighted by Gasteiger charge is 2.34. The van der Waals surface area contributed by atoms with Crippen LogP contribution in [0.2, 0.25) is 0 Å². The molecule has 100 valence electrons. The fraction of sp³-hybridized carbons (Fsp3) is 0.417. The summed E-state index contributed by atoms with van der Waals surface area (Å²) in [6.45, 7) is 5.67. The molecule has 0 unspecified atom stereocenters. The first-order valence-electron chi connectivity index (χ1n) is 5.76. The van der Waals surface area contributed by atoms with E-state index in [4.69, 9.17) is 14.3 Å². The van der Waals surface area contributed by atoms with Crippen LogP contribution in [0.4, 0.5) is 0 Å². The van der Waals surface area contributed by atoms with Gasteiger partial charge in [-0.2, -0.15) is 0 Å². The summed E-state index contributed by atoms with van der Waals surface area (Å²) >= 11 is 0. The molecule has 0 fully saturated rings. The fourth-order valence-corrected chi connectivity index (χ4v) is 3.23. The lowest BCUT2D eigenvalue weighted by atomic mass is 10.1. The van der Waals surface area contributed by atoms with Gasteiger partial charge in [-0.15, -0.1) is 0 Å².